The predicted octanol–water partition coefficient (Wildman–Crippen LogP) is 1.35. The molecule has 2 atom stereocenters. The first-order valence-corrected chi connectivity index (χ1v) is 7.99. The zero-order valence-electron chi connectivity index (χ0n) is 12.5. The second-order valence-electron chi connectivity index (χ2n) is 6.54. The molecule has 0 aromatic heterocycles. The van der Waals surface area contributed by atoms with Crippen LogP contribution in [0.15, 0.2) is 0 Å². The number of carbonyl (C=O) groups excluding carboxylic acids is 1. The van der Waals surface area contributed by atoms with Crippen molar-refractivity contribution in [1.82, 2.24) is 15.1 Å². The molecule has 116 valence electrons. The number of halogens is 1. The third-order valence-corrected chi connectivity index (χ3v) is 5.30. The van der Waals surface area contributed by atoms with Crippen molar-refractivity contribution in [2.75, 3.05) is 39.3 Å². The lowest BCUT2D eigenvalue weighted by atomic mass is 9.96. The monoisotopic (exact) mass is 301 g/mol. The highest BCUT2D eigenvalue weighted by atomic mass is 35.5. The fraction of sp³-hybridized carbons (Fsp3) is 0.933. The first-order valence-electron chi connectivity index (χ1n) is 7.99. The molecule has 1 saturated carbocycles. The van der Waals surface area contributed by atoms with Gasteiger partial charge in [0.25, 0.3) is 0 Å². The fourth-order valence-electron chi connectivity index (χ4n) is 3.95. The molecule has 1 amide bonds. The van der Waals surface area contributed by atoms with Crippen LogP contribution in [0.25, 0.3) is 0 Å². The third-order valence-electron chi connectivity index (χ3n) is 5.30. The summed E-state index contributed by atoms with van der Waals surface area (Å²) in [6.07, 6.45) is 5.54. The summed E-state index contributed by atoms with van der Waals surface area (Å²) in [5.41, 5.74) is 0. The lowest BCUT2D eigenvalue weighted by Gasteiger charge is -2.39. The highest BCUT2D eigenvalue weighted by Crippen LogP contribution is 2.25. The summed E-state index contributed by atoms with van der Waals surface area (Å²) in [6, 6.07) is 0.810. The van der Waals surface area contributed by atoms with Crippen LogP contribution in [0.3, 0.4) is 0 Å². The summed E-state index contributed by atoms with van der Waals surface area (Å²) >= 11 is 0. The molecule has 2 saturated heterocycles. The first kappa shape index (κ1) is 16.1. The Kier molecular flexibility index (Phi) is 5.70. The molecule has 0 unspecified atom stereocenters. The van der Waals surface area contributed by atoms with E-state index in [9.17, 15) is 4.79 Å². The molecule has 1 aliphatic carbocycles. The highest BCUT2D eigenvalue weighted by Gasteiger charge is 2.35. The van der Waals surface area contributed by atoms with Crippen molar-refractivity contribution in [2.45, 2.75) is 38.6 Å². The number of hydrogen-bond acceptors (Lipinski definition) is 3. The Bertz CT molecular complexity index is 325. The van der Waals surface area contributed by atoms with E-state index in [0.717, 1.165) is 45.3 Å². The molecule has 0 aromatic carbocycles. The van der Waals surface area contributed by atoms with Crippen LogP contribution in [0.2, 0.25) is 0 Å². The predicted molar refractivity (Wildman–Crippen MR) is 83.2 cm³/mol. The van der Waals surface area contributed by atoms with E-state index in [0.29, 0.717) is 11.8 Å². The van der Waals surface area contributed by atoms with Crippen molar-refractivity contribution >= 4 is 18.3 Å². The Hall–Kier alpha value is -0.320. The molecule has 0 radical (unpaired) electrons. The summed E-state index contributed by atoms with van der Waals surface area (Å²) in [5.74, 6) is 1.11. The van der Waals surface area contributed by atoms with E-state index in [1.165, 1.54) is 25.7 Å². The van der Waals surface area contributed by atoms with Crippen LogP contribution in [0.5, 0.6) is 0 Å². The van der Waals surface area contributed by atoms with Gasteiger partial charge in [0.1, 0.15) is 0 Å². The van der Waals surface area contributed by atoms with Gasteiger partial charge < -0.3 is 10.2 Å². The van der Waals surface area contributed by atoms with Crippen LogP contribution < -0.4 is 5.32 Å². The molecule has 0 aromatic rings. The van der Waals surface area contributed by atoms with E-state index < -0.39 is 0 Å². The van der Waals surface area contributed by atoms with Crippen LogP contribution in [-0.4, -0.2) is 61.0 Å². The number of carbonyl (C=O) groups is 1. The summed E-state index contributed by atoms with van der Waals surface area (Å²) in [4.78, 5) is 17.2. The molecule has 1 N–H and O–H groups in total. The van der Waals surface area contributed by atoms with Crippen LogP contribution in [0.4, 0.5) is 0 Å². The second kappa shape index (κ2) is 7.10. The largest absolute Gasteiger partial charge is 0.340 e. The molecular weight excluding hydrogens is 274 g/mol. The van der Waals surface area contributed by atoms with Gasteiger partial charge in [-0.2, -0.15) is 0 Å². The van der Waals surface area contributed by atoms with Crippen molar-refractivity contribution < 1.29 is 4.79 Å². The van der Waals surface area contributed by atoms with Gasteiger partial charge >= 0.3 is 0 Å². The van der Waals surface area contributed by atoms with E-state index in [1.54, 1.807) is 0 Å². The number of hydrogen-bond donors (Lipinski definition) is 1. The summed E-state index contributed by atoms with van der Waals surface area (Å²) in [6.45, 7) is 8.13. The molecule has 0 bridgehead atoms. The molecule has 3 fully saturated rings. The van der Waals surface area contributed by atoms with E-state index >= 15 is 0 Å². The van der Waals surface area contributed by atoms with Gasteiger partial charge in [-0.25, -0.2) is 0 Å². The smallest absolute Gasteiger partial charge is 0.227 e. The molecule has 20 heavy (non-hydrogen) atoms. The van der Waals surface area contributed by atoms with Gasteiger partial charge in [-0.15, -0.1) is 12.4 Å². The minimum atomic E-state index is 0. The summed E-state index contributed by atoms with van der Waals surface area (Å²) < 4.78 is 0. The number of piperazine rings is 1. The number of amides is 1. The first-order chi connectivity index (χ1) is 9.25. The molecule has 3 aliphatic rings. The maximum absolute atomic E-state index is 12.5. The van der Waals surface area contributed by atoms with Gasteiger partial charge in [-0.1, -0.05) is 19.8 Å². The lowest BCUT2D eigenvalue weighted by Crippen LogP contribution is -2.53. The molecule has 0 spiro atoms. The zero-order valence-corrected chi connectivity index (χ0v) is 13.3. The van der Waals surface area contributed by atoms with E-state index in [1.807, 2.05) is 0 Å². The van der Waals surface area contributed by atoms with E-state index in [2.05, 4.69) is 22.0 Å². The van der Waals surface area contributed by atoms with Gasteiger partial charge in [0, 0.05) is 38.8 Å². The lowest BCUT2D eigenvalue weighted by molar-refractivity contribution is -0.138. The molecular formula is C15H28ClN3O. The highest BCUT2D eigenvalue weighted by molar-refractivity contribution is 5.85. The van der Waals surface area contributed by atoms with Crippen LogP contribution >= 0.6 is 12.4 Å². The minimum absolute atomic E-state index is 0. The number of nitrogens with one attached hydrogen (secondary N) is 1. The van der Waals surface area contributed by atoms with Crippen molar-refractivity contribution in [2.24, 2.45) is 11.8 Å². The average Bonchev–Trinajstić information content (AvgIpc) is 3.09. The fourth-order valence-corrected chi connectivity index (χ4v) is 3.95. The Morgan fingerprint density at radius 1 is 1.05 bits per heavy atom. The maximum Gasteiger partial charge on any atom is 0.227 e. The van der Waals surface area contributed by atoms with Gasteiger partial charge in [0.05, 0.1) is 5.92 Å². The maximum atomic E-state index is 12.5. The third kappa shape index (κ3) is 3.29. The standard InChI is InChI=1S/C15H27N3O.ClH/c1-12-10-16-11-14(12)15(19)18-8-6-17(7-9-18)13-4-2-3-5-13;/h12-14,16H,2-11H2,1H3;1H/t12-,14-;/m1./s1. The average molecular weight is 302 g/mol. The summed E-state index contributed by atoms with van der Waals surface area (Å²) in [7, 11) is 0. The van der Waals surface area contributed by atoms with Gasteiger partial charge in [0.2, 0.25) is 5.91 Å². The van der Waals surface area contributed by atoms with Crippen LogP contribution in [0, 0.1) is 11.8 Å². The normalized spacial score (nSPS) is 32.4. The van der Waals surface area contributed by atoms with Crippen molar-refractivity contribution in [1.29, 1.82) is 0 Å². The van der Waals surface area contributed by atoms with Gasteiger partial charge in [-0.3, -0.25) is 9.69 Å². The zero-order chi connectivity index (χ0) is 13.2. The van der Waals surface area contributed by atoms with Crippen molar-refractivity contribution in [3.8, 4) is 0 Å². The van der Waals surface area contributed by atoms with E-state index in [-0.39, 0.29) is 18.3 Å². The summed E-state index contributed by atoms with van der Waals surface area (Å²) in [5, 5.41) is 3.34. The molecule has 2 aliphatic heterocycles. The Morgan fingerprint density at radius 3 is 2.25 bits per heavy atom. The van der Waals surface area contributed by atoms with Gasteiger partial charge in [-0.05, 0) is 25.3 Å². The molecule has 2 heterocycles. The van der Waals surface area contributed by atoms with Crippen molar-refractivity contribution in [3.05, 3.63) is 0 Å². The van der Waals surface area contributed by atoms with Crippen LogP contribution in [0.1, 0.15) is 32.6 Å². The Morgan fingerprint density at radius 2 is 1.70 bits per heavy atom. The number of rotatable bonds is 2. The molecule has 3 rings (SSSR count). The van der Waals surface area contributed by atoms with Crippen LogP contribution in [-0.2, 0) is 4.79 Å². The second-order valence-corrected chi connectivity index (χ2v) is 6.54. The number of nitrogens with zero attached hydrogens (tertiary/aromatic N) is 2. The van der Waals surface area contributed by atoms with Gasteiger partial charge in [0.15, 0.2) is 0 Å². The Balaban J connectivity index is 0.00000147. The SMILES string of the molecule is C[C@@H]1CNC[C@H]1C(=O)N1CCN(C2CCCC2)CC1.Cl. The molecule has 4 nitrogen and oxygen atoms in total. The molecule has 5 heteroatoms. The van der Waals surface area contributed by atoms with E-state index in [4.69, 9.17) is 0 Å². The minimum Gasteiger partial charge on any atom is -0.340 e. The van der Waals surface area contributed by atoms with Crippen molar-refractivity contribution in [3.63, 3.8) is 0 Å². The quantitative estimate of drug-likeness (QED) is 0.836. The Labute approximate surface area is 128 Å². The topological polar surface area (TPSA) is 35.6 Å².